The van der Waals surface area contributed by atoms with Gasteiger partial charge >= 0.3 is 11.9 Å². The molecular formula is C23H14N2O6S4. The van der Waals surface area contributed by atoms with Crippen LogP contribution in [-0.2, 0) is 4.79 Å². The maximum absolute atomic E-state index is 12.9. The fourth-order valence-electron chi connectivity index (χ4n) is 3.15. The second-order valence-corrected chi connectivity index (χ2v) is 10.3. The Hall–Kier alpha value is -3.58. The van der Waals surface area contributed by atoms with Crippen LogP contribution in [0.3, 0.4) is 0 Å². The molecule has 0 radical (unpaired) electrons. The second kappa shape index (κ2) is 9.96. The Morgan fingerprint density at radius 2 is 1.43 bits per heavy atom. The number of benzene rings is 2. The number of nitrogens with zero attached hydrogens (tertiary/aromatic N) is 2. The molecule has 2 aromatic carbocycles. The van der Waals surface area contributed by atoms with Gasteiger partial charge in [0.05, 0.1) is 32.3 Å². The summed E-state index contributed by atoms with van der Waals surface area (Å²) in [6, 6.07) is 11.8. The van der Waals surface area contributed by atoms with Crippen LogP contribution in [0.2, 0.25) is 0 Å². The highest BCUT2D eigenvalue weighted by Gasteiger charge is 2.33. The van der Waals surface area contributed by atoms with Crippen molar-refractivity contribution in [3.05, 3.63) is 85.5 Å². The smallest absolute Gasteiger partial charge is 0.335 e. The van der Waals surface area contributed by atoms with Crippen LogP contribution in [0.1, 0.15) is 25.6 Å². The van der Waals surface area contributed by atoms with Crippen molar-refractivity contribution in [2.45, 2.75) is 0 Å². The first-order valence-electron chi connectivity index (χ1n) is 9.74. The SMILES string of the molecule is O=C(O)c1ccc(N2C(=O)C(=CC=Cc3sc(=S)n(-c4ccc(C(=O)O)cc4)c3O)SC2=S)cc1. The molecule has 3 N–H and O–H groups in total. The van der Waals surface area contributed by atoms with E-state index in [4.69, 9.17) is 34.6 Å². The predicted molar refractivity (Wildman–Crippen MR) is 141 cm³/mol. The summed E-state index contributed by atoms with van der Waals surface area (Å²) in [6.45, 7) is 0. The zero-order valence-corrected chi connectivity index (χ0v) is 20.7. The Kier molecular flexibility index (Phi) is 6.98. The number of aromatic nitrogens is 1. The van der Waals surface area contributed by atoms with Crippen molar-refractivity contribution in [3.8, 4) is 11.6 Å². The van der Waals surface area contributed by atoms with Gasteiger partial charge in [0, 0.05) is 0 Å². The van der Waals surface area contributed by atoms with Crippen LogP contribution in [-0.4, -0.2) is 42.1 Å². The molecule has 0 aliphatic carbocycles. The van der Waals surface area contributed by atoms with E-state index in [0.29, 0.717) is 29.4 Å². The van der Waals surface area contributed by atoms with Crippen LogP contribution in [0, 0.1) is 3.95 Å². The minimum Gasteiger partial charge on any atom is -0.493 e. The molecule has 0 bridgehead atoms. The number of aromatic hydroxyl groups is 1. The molecule has 0 atom stereocenters. The molecule has 2 heterocycles. The van der Waals surface area contributed by atoms with Gasteiger partial charge in [0.15, 0.2) is 8.27 Å². The van der Waals surface area contributed by atoms with Gasteiger partial charge in [-0.3, -0.25) is 14.3 Å². The molecule has 4 rings (SSSR count). The van der Waals surface area contributed by atoms with Gasteiger partial charge in [0.1, 0.15) is 0 Å². The molecule has 1 aromatic heterocycles. The lowest BCUT2D eigenvalue weighted by Gasteiger charge is -2.14. The lowest BCUT2D eigenvalue weighted by Crippen LogP contribution is -2.27. The predicted octanol–water partition coefficient (Wildman–Crippen LogP) is 5.33. The molecule has 0 saturated carbocycles. The summed E-state index contributed by atoms with van der Waals surface area (Å²) in [6.07, 6.45) is 4.77. The average Bonchev–Trinajstić information content (AvgIpc) is 3.27. The van der Waals surface area contributed by atoms with Crippen molar-refractivity contribution in [1.82, 2.24) is 4.57 Å². The highest BCUT2D eigenvalue weighted by atomic mass is 32.2. The van der Waals surface area contributed by atoms with Crippen molar-refractivity contribution >= 4 is 81.5 Å². The van der Waals surface area contributed by atoms with E-state index < -0.39 is 11.9 Å². The summed E-state index contributed by atoms with van der Waals surface area (Å²) in [4.78, 5) is 37.1. The first kappa shape index (κ1) is 24.5. The summed E-state index contributed by atoms with van der Waals surface area (Å²) in [5.41, 5.74) is 1.20. The van der Waals surface area contributed by atoms with E-state index in [2.05, 4.69) is 0 Å². The fraction of sp³-hybridized carbons (Fsp3) is 0. The zero-order chi connectivity index (χ0) is 25.3. The molecule has 1 saturated heterocycles. The van der Waals surface area contributed by atoms with Crippen LogP contribution in [0.25, 0.3) is 11.8 Å². The van der Waals surface area contributed by atoms with Crippen LogP contribution in [0.4, 0.5) is 5.69 Å². The molecule has 3 aromatic rings. The highest BCUT2D eigenvalue weighted by Crippen LogP contribution is 2.35. The number of thiazole rings is 1. The largest absolute Gasteiger partial charge is 0.493 e. The van der Waals surface area contributed by atoms with E-state index in [1.54, 1.807) is 30.4 Å². The summed E-state index contributed by atoms with van der Waals surface area (Å²) in [5, 5.41) is 28.7. The highest BCUT2D eigenvalue weighted by molar-refractivity contribution is 8.27. The number of amides is 1. The first-order valence-corrected chi connectivity index (χ1v) is 12.2. The van der Waals surface area contributed by atoms with E-state index in [0.717, 1.165) is 23.1 Å². The van der Waals surface area contributed by atoms with Gasteiger partial charge in [-0.05, 0) is 72.9 Å². The maximum atomic E-state index is 12.9. The maximum Gasteiger partial charge on any atom is 0.335 e. The van der Waals surface area contributed by atoms with Gasteiger partial charge in [-0.25, -0.2) is 9.59 Å². The van der Waals surface area contributed by atoms with E-state index in [1.165, 1.54) is 45.9 Å². The lowest BCUT2D eigenvalue weighted by atomic mass is 10.2. The number of aromatic carboxylic acids is 2. The molecule has 35 heavy (non-hydrogen) atoms. The Balaban J connectivity index is 1.55. The molecule has 1 fully saturated rings. The third-order valence-electron chi connectivity index (χ3n) is 4.85. The molecule has 8 nitrogen and oxygen atoms in total. The zero-order valence-electron chi connectivity index (χ0n) is 17.4. The standard InChI is InChI=1S/C23H14N2O6S4/c26-18-16(34-22(32)24(18)14-8-4-12(5-9-14)20(28)29)2-1-3-17-19(27)25(23(33)35-17)15-10-6-13(7-11-15)21(30)31/h1-11,26H,(H,28,29)(H,30,31). The number of anilines is 1. The van der Waals surface area contributed by atoms with Crippen molar-refractivity contribution < 1.29 is 29.7 Å². The van der Waals surface area contributed by atoms with Gasteiger partial charge < -0.3 is 15.3 Å². The Labute approximate surface area is 217 Å². The Morgan fingerprint density at radius 3 is 1.97 bits per heavy atom. The fourth-order valence-corrected chi connectivity index (χ4v) is 5.66. The summed E-state index contributed by atoms with van der Waals surface area (Å²) in [5.74, 6) is -2.58. The molecule has 1 aliphatic heterocycles. The van der Waals surface area contributed by atoms with Gasteiger partial charge in [-0.15, -0.1) is 11.3 Å². The molecule has 0 unspecified atom stereocenters. The Bertz CT molecular complexity index is 1480. The number of allylic oxidation sites excluding steroid dienone is 2. The number of thioether (sulfide) groups is 1. The summed E-state index contributed by atoms with van der Waals surface area (Å²) >= 11 is 12.9. The third kappa shape index (κ3) is 4.95. The van der Waals surface area contributed by atoms with Gasteiger partial charge in [0.2, 0.25) is 5.88 Å². The number of rotatable bonds is 6. The van der Waals surface area contributed by atoms with Crippen LogP contribution < -0.4 is 4.90 Å². The number of carbonyl (C=O) groups excluding carboxylic acids is 1. The number of carboxylic acids is 2. The quantitative estimate of drug-likeness (QED) is 0.280. The number of thiocarbonyl (C=S) groups is 1. The number of carboxylic acid groups (broad SMARTS) is 2. The molecule has 1 amide bonds. The van der Waals surface area contributed by atoms with E-state index in [1.807, 2.05) is 0 Å². The normalized spacial score (nSPS) is 14.9. The van der Waals surface area contributed by atoms with E-state index in [9.17, 15) is 19.5 Å². The minimum atomic E-state index is -1.07. The summed E-state index contributed by atoms with van der Waals surface area (Å²) in [7, 11) is 0. The van der Waals surface area contributed by atoms with Gasteiger partial charge in [-0.2, -0.15) is 0 Å². The minimum absolute atomic E-state index is 0.101. The van der Waals surface area contributed by atoms with Crippen molar-refractivity contribution in [3.63, 3.8) is 0 Å². The molecule has 12 heteroatoms. The third-order valence-corrected chi connectivity index (χ3v) is 7.49. The van der Waals surface area contributed by atoms with Crippen molar-refractivity contribution in [1.29, 1.82) is 0 Å². The molecular weight excluding hydrogens is 529 g/mol. The molecule has 176 valence electrons. The van der Waals surface area contributed by atoms with Gasteiger partial charge in [0.25, 0.3) is 5.91 Å². The monoisotopic (exact) mass is 542 g/mol. The van der Waals surface area contributed by atoms with Crippen LogP contribution in [0.5, 0.6) is 5.88 Å². The van der Waals surface area contributed by atoms with Gasteiger partial charge in [-0.1, -0.05) is 30.1 Å². The van der Waals surface area contributed by atoms with Crippen molar-refractivity contribution in [2.24, 2.45) is 0 Å². The van der Waals surface area contributed by atoms with E-state index in [-0.39, 0.29) is 22.9 Å². The summed E-state index contributed by atoms with van der Waals surface area (Å²) < 4.78 is 2.10. The molecule has 0 spiro atoms. The number of carbonyl (C=O) groups is 3. The molecule has 1 aliphatic rings. The lowest BCUT2D eigenvalue weighted by molar-refractivity contribution is -0.113. The first-order chi connectivity index (χ1) is 16.7. The number of hydrogen-bond donors (Lipinski definition) is 3. The second-order valence-electron chi connectivity index (χ2n) is 6.99. The Morgan fingerprint density at radius 1 is 0.886 bits per heavy atom. The average molecular weight is 543 g/mol. The van der Waals surface area contributed by atoms with Crippen molar-refractivity contribution in [2.75, 3.05) is 4.90 Å². The van der Waals surface area contributed by atoms with Crippen LogP contribution >= 0.6 is 47.5 Å². The van der Waals surface area contributed by atoms with Crippen LogP contribution in [0.15, 0.2) is 65.6 Å². The van der Waals surface area contributed by atoms with E-state index >= 15 is 0 Å². The topological polar surface area (TPSA) is 120 Å². The number of hydrogen-bond acceptors (Lipinski definition) is 8.